The lowest BCUT2D eigenvalue weighted by Gasteiger charge is -2.35. The molecule has 1 unspecified atom stereocenters. The van der Waals surface area contributed by atoms with Gasteiger partial charge in [0.2, 0.25) is 5.91 Å². The summed E-state index contributed by atoms with van der Waals surface area (Å²) in [5, 5.41) is 2.89. The van der Waals surface area contributed by atoms with Crippen molar-refractivity contribution in [2.75, 3.05) is 24.3 Å². The predicted molar refractivity (Wildman–Crippen MR) is 133 cm³/mol. The molecule has 1 atom stereocenters. The molecule has 0 aromatic heterocycles. The van der Waals surface area contributed by atoms with Crippen molar-refractivity contribution in [3.05, 3.63) is 35.7 Å². The maximum atomic E-state index is 15.3. The summed E-state index contributed by atoms with van der Waals surface area (Å²) in [6.45, 7) is 17.6. The van der Waals surface area contributed by atoms with E-state index in [1.54, 1.807) is 48.5 Å². The van der Waals surface area contributed by atoms with Gasteiger partial charge < -0.3 is 15.0 Å². The van der Waals surface area contributed by atoms with Crippen molar-refractivity contribution in [1.29, 1.82) is 0 Å². The zero-order valence-electron chi connectivity index (χ0n) is 22.0. The van der Waals surface area contributed by atoms with Crippen molar-refractivity contribution in [2.24, 2.45) is 10.4 Å². The molecule has 34 heavy (non-hydrogen) atoms. The van der Waals surface area contributed by atoms with Gasteiger partial charge in [-0.05, 0) is 41.0 Å². The first kappa shape index (κ1) is 29.1. The van der Waals surface area contributed by atoms with E-state index in [2.05, 4.69) is 16.9 Å². The number of halogens is 2. The highest BCUT2D eigenvalue weighted by Gasteiger charge is 2.35. The van der Waals surface area contributed by atoms with Crippen LogP contribution in [0.3, 0.4) is 0 Å². The van der Waals surface area contributed by atoms with Gasteiger partial charge in [0.05, 0.1) is 17.4 Å². The molecule has 9 heteroatoms. The van der Waals surface area contributed by atoms with Crippen LogP contribution >= 0.6 is 0 Å². The molecular formula is C25H38F2N4O3. The van der Waals surface area contributed by atoms with Crippen LogP contribution in [0.1, 0.15) is 73.4 Å². The topological polar surface area (TPSA) is 74.2 Å². The Bertz CT molecular complexity index is 968. The number of aliphatic imine (C=N–C) groups is 1. The van der Waals surface area contributed by atoms with Crippen LogP contribution < -0.4 is 10.2 Å². The van der Waals surface area contributed by atoms with E-state index in [1.165, 1.54) is 25.2 Å². The summed E-state index contributed by atoms with van der Waals surface area (Å²) in [7, 11) is 2.93. The molecule has 190 valence electrons. The number of hydrogen-bond acceptors (Lipinski definition) is 5. The number of carbonyl (C=O) groups is 2. The Balaban J connectivity index is 3.77. The molecule has 1 N–H and O–H groups in total. The van der Waals surface area contributed by atoms with Crippen LogP contribution in [0.25, 0.3) is 0 Å². The van der Waals surface area contributed by atoms with E-state index in [-0.39, 0.29) is 28.7 Å². The Hall–Kier alpha value is -2.97. The summed E-state index contributed by atoms with van der Waals surface area (Å²) in [6, 6.07) is 0.0131. The van der Waals surface area contributed by atoms with Crippen LogP contribution in [0, 0.1) is 17.0 Å². The average molecular weight is 481 g/mol. The Kier molecular flexibility index (Phi) is 9.38. The summed E-state index contributed by atoms with van der Waals surface area (Å²) in [5.74, 6) is -2.40. The van der Waals surface area contributed by atoms with E-state index in [4.69, 9.17) is 4.74 Å². The average Bonchev–Trinajstić information content (AvgIpc) is 2.73. The molecule has 1 rings (SSSR count). The van der Waals surface area contributed by atoms with Gasteiger partial charge in [0, 0.05) is 37.4 Å². The van der Waals surface area contributed by atoms with E-state index in [9.17, 15) is 14.0 Å². The summed E-state index contributed by atoms with van der Waals surface area (Å²) >= 11 is 0. The van der Waals surface area contributed by atoms with Gasteiger partial charge in [-0.1, -0.05) is 27.4 Å². The van der Waals surface area contributed by atoms with Gasteiger partial charge in [0.15, 0.2) is 11.6 Å². The maximum absolute atomic E-state index is 15.3. The second-order valence-electron chi connectivity index (χ2n) is 9.81. The van der Waals surface area contributed by atoms with Crippen LogP contribution in [0.15, 0.2) is 23.5 Å². The van der Waals surface area contributed by atoms with Crippen molar-refractivity contribution < 1.29 is 23.1 Å². The number of nitrogens with zero attached hydrogens (tertiary/aromatic N) is 3. The second-order valence-corrected chi connectivity index (χ2v) is 9.81. The quantitative estimate of drug-likeness (QED) is 0.445. The molecule has 1 aromatic carbocycles. The Labute approximate surface area is 201 Å². The number of hydrogen-bond donors (Lipinski definition) is 1. The number of benzene rings is 1. The van der Waals surface area contributed by atoms with E-state index >= 15 is 4.39 Å². The number of amides is 2. The number of rotatable bonds is 8. The Morgan fingerprint density at radius 3 is 2.26 bits per heavy atom. The Morgan fingerprint density at radius 1 is 1.24 bits per heavy atom. The maximum Gasteiger partial charge on any atom is 0.414 e. The highest BCUT2D eigenvalue weighted by atomic mass is 19.2. The third kappa shape index (κ3) is 6.77. The first-order valence-corrected chi connectivity index (χ1v) is 11.2. The van der Waals surface area contributed by atoms with Crippen LogP contribution in [-0.4, -0.2) is 42.8 Å². The predicted octanol–water partition coefficient (Wildman–Crippen LogP) is 6.27. The number of carbonyl (C=O) groups excluding carboxylic acids is 2. The molecule has 2 amide bonds. The zero-order valence-corrected chi connectivity index (χ0v) is 22.0. The molecule has 0 aliphatic heterocycles. The summed E-state index contributed by atoms with van der Waals surface area (Å²) in [6.07, 6.45) is 1.28. The number of ether oxygens (including phenoxy) is 1. The van der Waals surface area contributed by atoms with Crippen LogP contribution in [0.2, 0.25) is 0 Å². The van der Waals surface area contributed by atoms with E-state index < -0.39 is 34.8 Å². The first-order valence-electron chi connectivity index (χ1n) is 11.2. The number of anilines is 2. The molecule has 1 aromatic rings. The van der Waals surface area contributed by atoms with Gasteiger partial charge >= 0.3 is 6.09 Å². The molecule has 0 saturated carbocycles. The van der Waals surface area contributed by atoms with E-state index in [0.29, 0.717) is 6.42 Å². The molecule has 0 aliphatic carbocycles. The lowest BCUT2D eigenvalue weighted by atomic mass is 9.87. The molecule has 0 radical (unpaired) electrons. The van der Waals surface area contributed by atoms with Crippen LogP contribution in [0.4, 0.5) is 25.0 Å². The zero-order chi connectivity index (χ0) is 26.6. The Morgan fingerprint density at radius 2 is 1.79 bits per heavy atom. The third-order valence-electron chi connectivity index (χ3n) is 5.60. The van der Waals surface area contributed by atoms with Crippen molar-refractivity contribution in [3.8, 4) is 0 Å². The third-order valence-corrected chi connectivity index (χ3v) is 5.60. The second kappa shape index (κ2) is 11.0. The SMILES string of the molecule is C=C(/N=C\C)Nc1c(N(C)C(=O)OC(C)(C)C)cc(F)c(F)c1C(C)N(C)C(=O)C(C)(C)CC. The molecule has 0 spiro atoms. The molecule has 0 fully saturated rings. The van der Waals surface area contributed by atoms with Crippen molar-refractivity contribution in [2.45, 2.75) is 73.5 Å². The summed E-state index contributed by atoms with van der Waals surface area (Å²) in [4.78, 5) is 32.3. The van der Waals surface area contributed by atoms with E-state index in [0.717, 1.165) is 11.0 Å². The van der Waals surface area contributed by atoms with Gasteiger partial charge in [-0.3, -0.25) is 9.69 Å². The monoisotopic (exact) mass is 480 g/mol. The fraction of sp³-hybridized carbons (Fsp3) is 0.560. The standard InChI is InChI=1S/C25H38F2N4O3/c1-12-25(8,9)22(32)30(10)15(3)19-20(27)17(26)14-18(21(19)29-16(4)28-13-2)31(11)23(33)34-24(5,6)7/h13-15,29H,4,12H2,1-3,5-11H3/b28-13-. The molecule has 0 bridgehead atoms. The largest absolute Gasteiger partial charge is 0.443 e. The van der Waals surface area contributed by atoms with E-state index in [1.807, 2.05) is 6.92 Å². The lowest BCUT2D eigenvalue weighted by molar-refractivity contribution is -0.141. The first-order chi connectivity index (χ1) is 15.5. The van der Waals surface area contributed by atoms with Crippen molar-refractivity contribution in [1.82, 2.24) is 4.90 Å². The van der Waals surface area contributed by atoms with Gasteiger partial charge in [-0.25, -0.2) is 18.6 Å². The van der Waals surface area contributed by atoms with Crippen molar-refractivity contribution >= 4 is 29.6 Å². The van der Waals surface area contributed by atoms with Crippen molar-refractivity contribution in [3.63, 3.8) is 0 Å². The summed E-state index contributed by atoms with van der Waals surface area (Å²) < 4.78 is 35.6. The molecular weight excluding hydrogens is 442 g/mol. The molecule has 0 saturated heterocycles. The highest BCUT2D eigenvalue weighted by Crippen LogP contribution is 2.40. The molecule has 0 aliphatic rings. The minimum Gasteiger partial charge on any atom is -0.443 e. The lowest BCUT2D eigenvalue weighted by Crippen LogP contribution is -2.40. The minimum absolute atomic E-state index is 0.0121. The normalized spacial score (nSPS) is 12.9. The fourth-order valence-electron chi connectivity index (χ4n) is 3.18. The smallest absolute Gasteiger partial charge is 0.414 e. The van der Waals surface area contributed by atoms with Gasteiger partial charge in [0.1, 0.15) is 11.4 Å². The molecule has 7 nitrogen and oxygen atoms in total. The van der Waals surface area contributed by atoms with Gasteiger partial charge in [0.25, 0.3) is 0 Å². The van der Waals surface area contributed by atoms with Gasteiger partial charge in [-0.15, -0.1) is 0 Å². The van der Waals surface area contributed by atoms with Crippen LogP contribution in [-0.2, 0) is 9.53 Å². The minimum atomic E-state index is -1.17. The van der Waals surface area contributed by atoms with Crippen LogP contribution in [0.5, 0.6) is 0 Å². The summed E-state index contributed by atoms with van der Waals surface area (Å²) in [5.41, 5.74) is -1.57. The number of nitrogens with one attached hydrogen (secondary N) is 1. The highest BCUT2D eigenvalue weighted by molar-refractivity contribution is 5.93. The van der Waals surface area contributed by atoms with Gasteiger partial charge in [-0.2, -0.15) is 0 Å². The fourth-order valence-corrected chi connectivity index (χ4v) is 3.18. The molecule has 0 heterocycles.